The molecule has 5 aliphatic carbocycles. The second kappa shape index (κ2) is 4.43. The van der Waals surface area contributed by atoms with E-state index in [4.69, 9.17) is 4.74 Å². The van der Waals surface area contributed by atoms with Crippen molar-refractivity contribution in [3.63, 3.8) is 0 Å². The number of esters is 1. The standard InChI is InChI=1S/C23H26O3/c1-21-8-5-14(24)11-13(21)3-4-15-17(21)6-9-22(2)20(15)16-12-18(16)23(22)10-7-19(25)26-23/h3-4,6,11,15-16,18,20H,5,7-10,12H2,1-2H3/t15?,16?,18?,20?,21-,22-,23-/m0/s1. The van der Waals surface area contributed by atoms with Gasteiger partial charge in [-0.2, -0.15) is 0 Å². The molecule has 136 valence electrons. The Morgan fingerprint density at radius 2 is 2.00 bits per heavy atom. The van der Waals surface area contributed by atoms with Crippen LogP contribution in [0.4, 0.5) is 0 Å². The molecule has 3 nitrogen and oxygen atoms in total. The van der Waals surface area contributed by atoms with Crippen LogP contribution < -0.4 is 0 Å². The Kier molecular flexibility index (Phi) is 2.63. The van der Waals surface area contributed by atoms with Gasteiger partial charge in [-0.3, -0.25) is 9.59 Å². The Bertz CT molecular complexity index is 848. The zero-order chi connectivity index (χ0) is 17.9. The van der Waals surface area contributed by atoms with E-state index in [0.29, 0.717) is 36.5 Å². The van der Waals surface area contributed by atoms with Gasteiger partial charge < -0.3 is 4.74 Å². The van der Waals surface area contributed by atoms with E-state index >= 15 is 0 Å². The zero-order valence-corrected chi connectivity index (χ0v) is 15.6. The molecule has 6 rings (SSSR count). The molecule has 3 heteroatoms. The van der Waals surface area contributed by atoms with Gasteiger partial charge >= 0.3 is 5.97 Å². The summed E-state index contributed by atoms with van der Waals surface area (Å²) in [5.41, 5.74) is 2.60. The molecule has 3 fully saturated rings. The normalized spacial score (nSPS) is 53.3. The van der Waals surface area contributed by atoms with Gasteiger partial charge in [0.1, 0.15) is 5.60 Å². The van der Waals surface area contributed by atoms with E-state index in [0.717, 1.165) is 19.3 Å². The predicted molar refractivity (Wildman–Crippen MR) is 97.0 cm³/mol. The molecule has 1 aliphatic heterocycles. The summed E-state index contributed by atoms with van der Waals surface area (Å²) in [6.07, 6.45) is 14.3. The van der Waals surface area contributed by atoms with E-state index < -0.39 is 0 Å². The summed E-state index contributed by atoms with van der Waals surface area (Å²) in [7, 11) is 0. The van der Waals surface area contributed by atoms with Crippen molar-refractivity contribution in [2.45, 2.75) is 58.0 Å². The molecular weight excluding hydrogens is 324 g/mol. The first-order valence-corrected chi connectivity index (χ1v) is 10.2. The summed E-state index contributed by atoms with van der Waals surface area (Å²) in [6, 6.07) is 0. The second-order valence-corrected chi connectivity index (χ2v) is 9.96. The van der Waals surface area contributed by atoms with Crippen molar-refractivity contribution in [1.82, 2.24) is 0 Å². The van der Waals surface area contributed by atoms with Gasteiger partial charge in [0.25, 0.3) is 0 Å². The van der Waals surface area contributed by atoms with E-state index in [-0.39, 0.29) is 28.2 Å². The van der Waals surface area contributed by atoms with E-state index in [1.807, 2.05) is 6.08 Å². The highest BCUT2D eigenvalue weighted by molar-refractivity contribution is 5.92. The van der Waals surface area contributed by atoms with Gasteiger partial charge in [0, 0.05) is 35.5 Å². The minimum atomic E-state index is -0.213. The number of hydrogen-bond donors (Lipinski definition) is 0. The fourth-order valence-electron chi connectivity index (χ4n) is 7.69. The molecule has 0 aromatic heterocycles. The number of hydrogen-bond acceptors (Lipinski definition) is 3. The second-order valence-electron chi connectivity index (χ2n) is 9.96. The number of allylic oxidation sites excluding steroid dienone is 6. The molecule has 0 bridgehead atoms. The minimum Gasteiger partial charge on any atom is -0.458 e. The lowest BCUT2D eigenvalue weighted by Gasteiger charge is -2.54. The lowest BCUT2D eigenvalue weighted by Crippen LogP contribution is -2.52. The summed E-state index contributed by atoms with van der Waals surface area (Å²) in [6.45, 7) is 4.72. The maximum atomic E-state index is 12.0. The van der Waals surface area contributed by atoms with Gasteiger partial charge in [0.05, 0.1) is 0 Å². The maximum Gasteiger partial charge on any atom is 0.306 e. The van der Waals surface area contributed by atoms with Gasteiger partial charge in [-0.25, -0.2) is 0 Å². The number of fused-ring (bicyclic) bond motifs is 9. The molecule has 0 amide bonds. The van der Waals surface area contributed by atoms with E-state index in [1.165, 1.54) is 17.6 Å². The van der Waals surface area contributed by atoms with E-state index in [9.17, 15) is 9.59 Å². The van der Waals surface area contributed by atoms with Crippen LogP contribution in [-0.4, -0.2) is 17.4 Å². The molecule has 26 heavy (non-hydrogen) atoms. The monoisotopic (exact) mass is 350 g/mol. The highest BCUT2D eigenvalue weighted by Gasteiger charge is 2.78. The fourth-order valence-corrected chi connectivity index (χ4v) is 7.69. The van der Waals surface area contributed by atoms with Crippen LogP contribution in [0.2, 0.25) is 0 Å². The quantitative estimate of drug-likeness (QED) is 0.487. The van der Waals surface area contributed by atoms with Crippen LogP contribution in [0.3, 0.4) is 0 Å². The molecule has 1 spiro atoms. The third-order valence-electron chi connectivity index (χ3n) is 9.04. The Labute approximate surface area is 154 Å². The summed E-state index contributed by atoms with van der Waals surface area (Å²) in [4.78, 5) is 24.0. The molecule has 1 heterocycles. The molecule has 7 atom stereocenters. The van der Waals surface area contributed by atoms with Crippen molar-refractivity contribution >= 4 is 11.8 Å². The molecule has 2 saturated carbocycles. The molecule has 0 aromatic rings. The van der Waals surface area contributed by atoms with E-state index in [2.05, 4.69) is 32.1 Å². The number of ketones is 1. The van der Waals surface area contributed by atoms with Crippen molar-refractivity contribution in [3.05, 3.63) is 35.5 Å². The number of ether oxygens (including phenoxy) is 1. The third-order valence-corrected chi connectivity index (χ3v) is 9.04. The van der Waals surface area contributed by atoms with Gasteiger partial charge in [-0.1, -0.05) is 37.6 Å². The average molecular weight is 350 g/mol. The minimum absolute atomic E-state index is 0.00876. The van der Waals surface area contributed by atoms with Crippen molar-refractivity contribution in [2.75, 3.05) is 0 Å². The molecule has 1 saturated heterocycles. The average Bonchev–Trinajstić information content (AvgIpc) is 3.24. The largest absolute Gasteiger partial charge is 0.458 e. The van der Waals surface area contributed by atoms with Crippen LogP contribution in [0.25, 0.3) is 0 Å². The van der Waals surface area contributed by atoms with Gasteiger partial charge in [-0.15, -0.1) is 0 Å². The lowest BCUT2D eigenvalue weighted by atomic mass is 9.51. The number of carbonyl (C=O) groups is 2. The van der Waals surface area contributed by atoms with E-state index in [1.54, 1.807) is 0 Å². The molecule has 0 N–H and O–H groups in total. The molecular formula is C23H26O3. The van der Waals surface area contributed by atoms with Crippen LogP contribution in [0.15, 0.2) is 35.5 Å². The number of carbonyl (C=O) groups excluding carboxylic acids is 2. The lowest BCUT2D eigenvalue weighted by molar-refractivity contribution is -0.165. The third kappa shape index (κ3) is 1.54. The highest BCUT2D eigenvalue weighted by Crippen LogP contribution is 2.77. The van der Waals surface area contributed by atoms with Crippen molar-refractivity contribution in [3.8, 4) is 0 Å². The van der Waals surface area contributed by atoms with Crippen molar-refractivity contribution < 1.29 is 14.3 Å². The molecule has 6 aliphatic rings. The predicted octanol–water partition coefficient (Wildman–Crippen LogP) is 4.15. The van der Waals surface area contributed by atoms with Gasteiger partial charge in [-0.05, 0) is 49.2 Å². The highest BCUT2D eigenvalue weighted by atomic mass is 16.6. The summed E-state index contributed by atoms with van der Waals surface area (Å²) >= 11 is 0. The SMILES string of the molecule is C[C@]12CCC(=O)C=C1C=CC1C2=CC[C@@]2(C)C1C1CC1[C@@]21CCC(=O)O1. The maximum absolute atomic E-state index is 12.0. The van der Waals surface area contributed by atoms with Crippen molar-refractivity contribution in [2.24, 2.45) is 34.5 Å². The molecule has 0 aromatic carbocycles. The van der Waals surface area contributed by atoms with Crippen LogP contribution in [0, 0.1) is 34.5 Å². The Hall–Kier alpha value is -1.64. The Balaban J connectivity index is 1.48. The number of rotatable bonds is 0. The van der Waals surface area contributed by atoms with Gasteiger partial charge in [0.15, 0.2) is 5.78 Å². The Morgan fingerprint density at radius 1 is 1.15 bits per heavy atom. The van der Waals surface area contributed by atoms with Crippen LogP contribution in [0.1, 0.15) is 52.4 Å². The smallest absolute Gasteiger partial charge is 0.306 e. The summed E-state index contributed by atoms with van der Waals surface area (Å²) in [5.74, 6) is 2.56. The Morgan fingerprint density at radius 3 is 2.77 bits per heavy atom. The first kappa shape index (κ1) is 15.4. The summed E-state index contributed by atoms with van der Waals surface area (Å²) in [5, 5.41) is 0. The van der Waals surface area contributed by atoms with Crippen LogP contribution >= 0.6 is 0 Å². The molecule has 0 radical (unpaired) electrons. The molecule has 4 unspecified atom stereocenters. The van der Waals surface area contributed by atoms with Crippen LogP contribution in [-0.2, 0) is 14.3 Å². The van der Waals surface area contributed by atoms with Gasteiger partial charge in [0.2, 0.25) is 0 Å². The summed E-state index contributed by atoms with van der Waals surface area (Å²) < 4.78 is 6.11. The van der Waals surface area contributed by atoms with Crippen LogP contribution in [0.5, 0.6) is 0 Å². The first-order chi connectivity index (χ1) is 12.4. The fraction of sp³-hybridized carbons (Fsp3) is 0.652. The zero-order valence-electron chi connectivity index (χ0n) is 15.6. The first-order valence-electron chi connectivity index (χ1n) is 10.2. The van der Waals surface area contributed by atoms with Crippen molar-refractivity contribution in [1.29, 1.82) is 0 Å². The topological polar surface area (TPSA) is 43.4 Å².